The summed E-state index contributed by atoms with van der Waals surface area (Å²) in [5, 5.41) is 3.08. The van der Waals surface area contributed by atoms with Gasteiger partial charge in [-0.15, -0.1) is 0 Å². The molecular weight excluding hydrogens is 326 g/mol. The first-order valence-electron chi connectivity index (χ1n) is 8.71. The Kier molecular flexibility index (Phi) is 4.39. The molecule has 0 saturated carbocycles. The Morgan fingerprint density at radius 3 is 2.88 bits per heavy atom. The van der Waals surface area contributed by atoms with E-state index in [-0.39, 0.29) is 11.9 Å². The van der Waals surface area contributed by atoms with E-state index in [4.69, 9.17) is 4.98 Å². The molecule has 3 aromatic rings. The molecule has 1 amide bonds. The van der Waals surface area contributed by atoms with Crippen LogP contribution in [0, 0.1) is 6.92 Å². The number of nitrogens with zero attached hydrogens (tertiary/aromatic N) is 4. The third-order valence-electron chi connectivity index (χ3n) is 4.53. The molecule has 3 heterocycles. The smallest absolute Gasteiger partial charge is 0.270 e. The number of pyridine rings is 2. The largest absolute Gasteiger partial charge is 0.344 e. The summed E-state index contributed by atoms with van der Waals surface area (Å²) in [6.07, 6.45) is 8.06. The minimum Gasteiger partial charge on any atom is -0.344 e. The number of aryl methyl sites for hydroxylation is 2. The van der Waals surface area contributed by atoms with Crippen LogP contribution in [0.4, 0.5) is 0 Å². The van der Waals surface area contributed by atoms with Gasteiger partial charge in [0.25, 0.3) is 5.91 Å². The van der Waals surface area contributed by atoms with E-state index >= 15 is 0 Å². The Hall–Kier alpha value is -3.15. The van der Waals surface area contributed by atoms with Crippen molar-refractivity contribution in [3.63, 3.8) is 0 Å². The number of hydrogen-bond donors (Lipinski definition) is 1. The molecule has 3 aromatic heterocycles. The summed E-state index contributed by atoms with van der Waals surface area (Å²) in [5.74, 6) is 0.507. The third-order valence-corrected chi connectivity index (χ3v) is 4.53. The average molecular weight is 345 g/mol. The molecule has 0 saturated heterocycles. The van der Waals surface area contributed by atoms with Crippen molar-refractivity contribution in [1.82, 2.24) is 25.3 Å². The number of nitrogens with one attached hydrogen (secondary N) is 1. The summed E-state index contributed by atoms with van der Waals surface area (Å²) < 4.78 is 0. The maximum absolute atomic E-state index is 12.5. The van der Waals surface area contributed by atoms with Gasteiger partial charge in [-0.2, -0.15) is 0 Å². The fraction of sp³-hybridized carbons (Fsp3) is 0.250. The molecule has 1 aliphatic carbocycles. The van der Waals surface area contributed by atoms with Crippen LogP contribution in [0.15, 0.2) is 48.9 Å². The molecule has 0 aromatic carbocycles. The van der Waals surface area contributed by atoms with Crippen LogP contribution in [-0.2, 0) is 6.42 Å². The van der Waals surface area contributed by atoms with Gasteiger partial charge in [0.2, 0.25) is 0 Å². The molecule has 1 atom stereocenters. The number of carbonyl (C=O) groups is 1. The van der Waals surface area contributed by atoms with Crippen LogP contribution >= 0.6 is 0 Å². The van der Waals surface area contributed by atoms with Crippen LogP contribution in [0.5, 0.6) is 0 Å². The molecule has 130 valence electrons. The highest BCUT2D eigenvalue weighted by atomic mass is 16.1. The number of amides is 1. The van der Waals surface area contributed by atoms with Gasteiger partial charge < -0.3 is 5.32 Å². The second kappa shape index (κ2) is 7.00. The van der Waals surface area contributed by atoms with Gasteiger partial charge in [0.15, 0.2) is 5.82 Å². The number of hydrogen-bond acceptors (Lipinski definition) is 5. The molecule has 0 bridgehead atoms. The summed E-state index contributed by atoms with van der Waals surface area (Å²) in [4.78, 5) is 30.2. The molecule has 6 nitrogen and oxygen atoms in total. The lowest BCUT2D eigenvalue weighted by Crippen LogP contribution is -2.32. The van der Waals surface area contributed by atoms with Crippen molar-refractivity contribution < 1.29 is 4.79 Å². The van der Waals surface area contributed by atoms with Crippen LogP contribution in [0.1, 0.15) is 46.3 Å². The number of aromatic nitrogens is 4. The van der Waals surface area contributed by atoms with Gasteiger partial charge in [-0.3, -0.25) is 9.78 Å². The highest BCUT2D eigenvalue weighted by Gasteiger charge is 2.24. The lowest BCUT2D eigenvalue weighted by Gasteiger charge is -2.25. The zero-order valence-electron chi connectivity index (χ0n) is 14.5. The lowest BCUT2D eigenvalue weighted by atomic mass is 9.92. The monoisotopic (exact) mass is 345 g/mol. The van der Waals surface area contributed by atoms with Crippen molar-refractivity contribution in [2.24, 2.45) is 0 Å². The van der Waals surface area contributed by atoms with Crippen LogP contribution in [0.25, 0.3) is 11.4 Å². The molecule has 6 heteroatoms. The Morgan fingerprint density at radius 1 is 1.15 bits per heavy atom. The molecule has 0 spiro atoms. The van der Waals surface area contributed by atoms with E-state index in [1.807, 2.05) is 37.4 Å². The molecule has 0 radical (unpaired) electrons. The minimum atomic E-state index is -0.164. The quantitative estimate of drug-likeness (QED) is 0.789. The molecule has 1 N–H and O–H groups in total. The predicted molar refractivity (Wildman–Crippen MR) is 97.4 cm³/mol. The van der Waals surface area contributed by atoms with Crippen molar-refractivity contribution >= 4 is 5.91 Å². The Labute approximate surface area is 151 Å². The normalized spacial score (nSPS) is 16.0. The standard InChI is InChI=1S/C20H19N5O/c1-13-5-2-9-18(23-13)20(26)25-17-8-3-7-16-15(17)12-22-19(24-16)14-6-4-10-21-11-14/h2,4-6,9-12,17H,3,7-8H2,1H3,(H,25,26). The zero-order chi connectivity index (χ0) is 17.9. The SMILES string of the molecule is Cc1cccc(C(=O)NC2CCCc3nc(-c4cccnc4)ncc32)n1. The van der Waals surface area contributed by atoms with Gasteiger partial charge in [-0.1, -0.05) is 6.07 Å². The van der Waals surface area contributed by atoms with Crippen LogP contribution in [-0.4, -0.2) is 25.8 Å². The van der Waals surface area contributed by atoms with Gasteiger partial charge in [0, 0.05) is 41.1 Å². The van der Waals surface area contributed by atoms with E-state index in [1.54, 1.807) is 18.5 Å². The van der Waals surface area contributed by atoms with Gasteiger partial charge in [-0.05, 0) is 50.5 Å². The Balaban J connectivity index is 1.58. The highest BCUT2D eigenvalue weighted by molar-refractivity contribution is 5.92. The van der Waals surface area contributed by atoms with Crippen LogP contribution in [0.2, 0.25) is 0 Å². The zero-order valence-corrected chi connectivity index (χ0v) is 14.5. The topological polar surface area (TPSA) is 80.7 Å². The lowest BCUT2D eigenvalue weighted by molar-refractivity contribution is 0.0927. The average Bonchev–Trinajstić information content (AvgIpc) is 2.68. The maximum atomic E-state index is 12.5. The van der Waals surface area contributed by atoms with Gasteiger partial charge in [-0.25, -0.2) is 15.0 Å². The number of carbonyl (C=O) groups excluding carboxylic acids is 1. The van der Waals surface area contributed by atoms with Crippen molar-refractivity contribution in [1.29, 1.82) is 0 Å². The first-order valence-corrected chi connectivity index (χ1v) is 8.71. The first-order chi connectivity index (χ1) is 12.7. The molecule has 1 unspecified atom stereocenters. The van der Waals surface area contributed by atoms with Crippen molar-refractivity contribution in [2.45, 2.75) is 32.2 Å². The van der Waals surface area contributed by atoms with E-state index in [1.165, 1.54) is 0 Å². The minimum absolute atomic E-state index is 0.0866. The van der Waals surface area contributed by atoms with Crippen molar-refractivity contribution in [3.05, 3.63) is 71.6 Å². The summed E-state index contributed by atoms with van der Waals surface area (Å²) in [6.45, 7) is 1.88. The van der Waals surface area contributed by atoms with Crippen LogP contribution < -0.4 is 5.32 Å². The van der Waals surface area contributed by atoms with Gasteiger partial charge >= 0.3 is 0 Å². The molecule has 4 rings (SSSR count). The second-order valence-corrected chi connectivity index (χ2v) is 6.42. The number of fused-ring (bicyclic) bond motifs is 1. The molecule has 1 aliphatic rings. The van der Waals surface area contributed by atoms with E-state index < -0.39 is 0 Å². The predicted octanol–water partition coefficient (Wildman–Crippen LogP) is 3.05. The van der Waals surface area contributed by atoms with E-state index in [0.717, 1.165) is 41.8 Å². The molecule has 26 heavy (non-hydrogen) atoms. The van der Waals surface area contributed by atoms with E-state index in [9.17, 15) is 4.79 Å². The summed E-state index contributed by atoms with van der Waals surface area (Å²) in [7, 11) is 0. The highest BCUT2D eigenvalue weighted by Crippen LogP contribution is 2.29. The number of rotatable bonds is 3. The molecule has 0 fully saturated rings. The first kappa shape index (κ1) is 16.3. The van der Waals surface area contributed by atoms with Gasteiger partial charge in [0.05, 0.1) is 6.04 Å². The molecular formula is C20H19N5O. The maximum Gasteiger partial charge on any atom is 0.270 e. The second-order valence-electron chi connectivity index (χ2n) is 6.42. The van der Waals surface area contributed by atoms with Crippen molar-refractivity contribution in [2.75, 3.05) is 0 Å². The summed E-state index contributed by atoms with van der Waals surface area (Å²) in [6, 6.07) is 9.18. The summed E-state index contributed by atoms with van der Waals surface area (Å²) in [5.41, 5.74) is 4.14. The fourth-order valence-electron chi connectivity index (χ4n) is 3.23. The fourth-order valence-corrected chi connectivity index (χ4v) is 3.23. The Bertz CT molecular complexity index is 942. The summed E-state index contributed by atoms with van der Waals surface area (Å²) >= 11 is 0. The van der Waals surface area contributed by atoms with E-state index in [2.05, 4.69) is 20.3 Å². The van der Waals surface area contributed by atoms with E-state index in [0.29, 0.717) is 11.5 Å². The van der Waals surface area contributed by atoms with Crippen molar-refractivity contribution in [3.8, 4) is 11.4 Å². The van der Waals surface area contributed by atoms with Gasteiger partial charge in [0.1, 0.15) is 5.69 Å². The third kappa shape index (κ3) is 3.31. The Morgan fingerprint density at radius 2 is 2.08 bits per heavy atom. The molecule has 0 aliphatic heterocycles. The van der Waals surface area contributed by atoms with Crippen LogP contribution in [0.3, 0.4) is 0 Å².